The van der Waals surface area contributed by atoms with E-state index in [2.05, 4.69) is 61.6 Å². The number of nitrogens with one attached hydrogen (secondary N) is 1. The summed E-state index contributed by atoms with van der Waals surface area (Å²) in [6, 6.07) is 15.6. The molecule has 1 N–H and O–H groups in total. The van der Waals surface area contributed by atoms with Crippen LogP contribution < -0.4 is 10.2 Å². The molecule has 1 heterocycles. The van der Waals surface area contributed by atoms with E-state index in [0.717, 1.165) is 69.1 Å². The number of anilines is 2. The fourth-order valence-electron chi connectivity index (χ4n) is 5.82. The number of halogens is 1. The Labute approximate surface area is 232 Å². The fraction of sp³-hybridized carbons (Fsp3) is 0.364. The van der Waals surface area contributed by atoms with Crippen molar-refractivity contribution < 1.29 is 9.18 Å². The van der Waals surface area contributed by atoms with Crippen LogP contribution in [0.5, 0.6) is 0 Å². The molecule has 0 saturated heterocycles. The molecule has 0 saturated carbocycles. The van der Waals surface area contributed by atoms with E-state index >= 15 is 0 Å². The highest BCUT2D eigenvalue weighted by Crippen LogP contribution is 2.42. The molecule has 206 valence electrons. The van der Waals surface area contributed by atoms with Crippen LogP contribution in [0.4, 0.5) is 20.6 Å². The summed E-state index contributed by atoms with van der Waals surface area (Å²) in [7, 11) is 2.09. The minimum absolute atomic E-state index is 0.143. The second-order valence-electron chi connectivity index (χ2n) is 11.0. The molecule has 3 aromatic carbocycles. The topological polar surface area (TPSA) is 38.8 Å². The summed E-state index contributed by atoms with van der Waals surface area (Å²) in [6.45, 7) is 19.6. The molecule has 0 bridgehead atoms. The van der Waals surface area contributed by atoms with Crippen molar-refractivity contribution in [2.75, 3.05) is 25.0 Å². The Bertz CT molecular complexity index is 1380. The Hall–Kier alpha value is -3.64. The number of nitrogens with zero attached hydrogens (tertiary/aromatic N) is 3. The summed E-state index contributed by atoms with van der Waals surface area (Å²) >= 11 is 0. The third-order valence-electron chi connectivity index (χ3n) is 7.56. The number of likely N-dealkylation sites (N-methyl/N-ethyl adjacent to an activating group) is 2. The molecule has 0 fully saturated rings. The number of carbonyl (C=O) groups is 1. The molecule has 6 heteroatoms. The number of urea groups is 1. The van der Waals surface area contributed by atoms with Gasteiger partial charge in [0.15, 0.2) is 0 Å². The predicted octanol–water partition coefficient (Wildman–Crippen LogP) is 7.46. The first kappa shape index (κ1) is 28.4. The van der Waals surface area contributed by atoms with E-state index < -0.39 is 0 Å². The van der Waals surface area contributed by atoms with Crippen molar-refractivity contribution in [1.29, 1.82) is 0 Å². The van der Waals surface area contributed by atoms with Crippen molar-refractivity contribution >= 4 is 17.4 Å². The van der Waals surface area contributed by atoms with Gasteiger partial charge < -0.3 is 10.2 Å². The van der Waals surface area contributed by atoms with Crippen LogP contribution >= 0.6 is 0 Å². The quantitative estimate of drug-likeness (QED) is 0.313. The second-order valence-corrected chi connectivity index (χ2v) is 11.0. The van der Waals surface area contributed by atoms with Crippen LogP contribution in [0, 0.1) is 26.6 Å². The van der Waals surface area contributed by atoms with Crippen LogP contribution in [-0.4, -0.2) is 42.0 Å². The highest BCUT2D eigenvalue weighted by Gasteiger charge is 2.30. The van der Waals surface area contributed by atoms with Gasteiger partial charge in [-0.2, -0.15) is 0 Å². The number of carbonyl (C=O) groups excluding carboxylic acids is 1. The van der Waals surface area contributed by atoms with Crippen LogP contribution in [0.25, 0.3) is 11.1 Å². The van der Waals surface area contributed by atoms with Crippen molar-refractivity contribution in [3.8, 4) is 11.1 Å². The van der Waals surface area contributed by atoms with Crippen LogP contribution in [0.2, 0.25) is 0 Å². The molecule has 39 heavy (non-hydrogen) atoms. The maximum atomic E-state index is 14.1. The third-order valence-corrected chi connectivity index (χ3v) is 7.56. The van der Waals surface area contributed by atoms with Crippen molar-refractivity contribution in [3.63, 3.8) is 0 Å². The molecular formula is C33H41FN4O. The number of aryl methyl sites for hydroxylation is 3. The molecule has 0 radical (unpaired) electrons. The van der Waals surface area contributed by atoms with Gasteiger partial charge in [0.1, 0.15) is 5.82 Å². The minimum atomic E-state index is -0.254. The number of benzene rings is 3. The number of fused-ring (bicyclic) bond motifs is 1. The fourth-order valence-corrected chi connectivity index (χ4v) is 5.82. The van der Waals surface area contributed by atoms with Crippen LogP contribution in [0.3, 0.4) is 0 Å². The molecule has 4 rings (SSSR count). The van der Waals surface area contributed by atoms with Gasteiger partial charge in [-0.1, -0.05) is 30.8 Å². The zero-order chi connectivity index (χ0) is 28.4. The van der Waals surface area contributed by atoms with E-state index in [9.17, 15) is 9.18 Å². The minimum Gasteiger partial charge on any atom is -0.372 e. The van der Waals surface area contributed by atoms with Gasteiger partial charge in [-0.25, -0.2) is 9.18 Å². The monoisotopic (exact) mass is 528 g/mol. The van der Waals surface area contributed by atoms with Crippen molar-refractivity contribution in [2.45, 2.75) is 60.7 Å². The van der Waals surface area contributed by atoms with Gasteiger partial charge in [-0.15, -0.1) is 0 Å². The zero-order valence-corrected chi connectivity index (χ0v) is 24.4. The first-order chi connectivity index (χ1) is 18.5. The van der Waals surface area contributed by atoms with E-state index in [1.54, 1.807) is 6.07 Å². The van der Waals surface area contributed by atoms with Gasteiger partial charge in [0.25, 0.3) is 0 Å². The lowest BCUT2D eigenvalue weighted by Crippen LogP contribution is -2.42. The summed E-state index contributed by atoms with van der Waals surface area (Å²) in [5, 5.41) is 3.08. The molecule has 0 spiro atoms. The van der Waals surface area contributed by atoms with E-state index in [1.807, 2.05) is 49.9 Å². The van der Waals surface area contributed by atoms with Gasteiger partial charge in [-0.05, 0) is 106 Å². The maximum absolute atomic E-state index is 14.1. The predicted molar refractivity (Wildman–Crippen MR) is 160 cm³/mol. The smallest absolute Gasteiger partial charge is 0.326 e. The Morgan fingerprint density at radius 3 is 2.36 bits per heavy atom. The summed E-state index contributed by atoms with van der Waals surface area (Å²) in [4.78, 5) is 19.8. The number of rotatable bonds is 9. The molecule has 3 aromatic rings. The number of amides is 2. The number of hydrogen-bond donors (Lipinski definition) is 1. The standard InChI is InChI=1S/C33H41FN4O/c1-9-37(21(2)3)25(7)19-36(8)20-26-16-29(28-14-13-27(34)15-24(28)6)30-18-35-33(39)38(31(30)17-26)32-22(4)11-10-12-23(32)5/h10-17,21H,7,9,18-20H2,1-6,8H3,(H,35,39). The summed E-state index contributed by atoms with van der Waals surface area (Å²) < 4.78 is 14.1. The van der Waals surface area contributed by atoms with Crippen LogP contribution in [0.1, 0.15) is 48.6 Å². The van der Waals surface area contributed by atoms with Crippen LogP contribution in [-0.2, 0) is 13.1 Å². The molecule has 0 aromatic heterocycles. The van der Waals surface area contributed by atoms with Gasteiger partial charge in [0, 0.05) is 43.5 Å². The lowest BCUT2D eigenvalue weighted by molar-refractivity contribution is 0.247. The maximum Gasteiger partial charge on any atom is 0.326 e. The Morgan fingerprint density at radius 2 is 1.74 bits per heavy atom. The lowest BCUT2D eigenvalue weighted by atomic mass is 9.91. The Kier molecular flexibility index (Phi) is 8.45. The Morgan fingerprint density at radius 1 is 1.05 bits per heavy atom. The van der Waals surface area contributed by atoms with E-state index in [1.165, 1.54) is 6.07 Å². The average Bonchev–Trinajstić information content (AvgIpc) is 2.85. The van der Waals surface area contributed by atoms with Gasteiger partial charge in [0.2, 0.25) is 0 Å². The Balaban J connectivity index is 1.83. The van der Waals surface area contributed by atoms with E-state index in [-0.39, 0.29) is 11.8 Å². The second kappa shape index (κ2) is 11.6. The third kappa shape index (κ3) is 5.86. The average molecular weight is 529 g/mol. The summed E-state index contributed by atoms with van der Waals surface area (Å²) in [5.41, 5.74) is 9.87. The molecule has 5 nitrogen and oxygen atoms in total. The number of para-hydroxylation sites is 1. The molecule has 1 aliphatic heterocycles. The van der Waals surface area contributed by atoms with Crippen molar-refractivity contribution in [2.24, 2.45) is 0 Å². The highest BCUT2D eigenvalue weighted by molar-refractivity contribution is 6.04. The first-order valence-corrected chi connectivity index (χ1v) is 13.7. The molecule has 1 aliphatic rings. The molecule has 2 amide bonds. The molecule has 0 atom stereocenters. The van der Waals surface area contributed by atoms with Crippen molar-refractivity contribution in [3.05, 3.63) is 94.4 Å². The largest absolute Gasteiger partial charge is 0.372 e. The summed E-state index contributed by atoms with van der Waals surface area (Å²) in [5.74, 6) is -0.254. The van der Waals surface area contributed by atoms with Crippen LogP contribution in [0.15, 0.2) is 60.8 Å². The zero-order valence-electron chi connectivity index (χ0n) is 24.4. The van der Waals surface area contributed by atoms with Gasteiger partial charge in [-0.3, -0.25) is 9.80 Å². The SMILES string of the molecule is C=C(CN(C)Cc1cc(-c2ccc(F)cc2C)c2c(c1)N(c1c(C)cccc1C)C(=O)NC2)N(CC)C(C)C. The van der Waals surface area contributed by atoms with Gasteiger partial charge >= 0.3 is 6.03 Å². The van der Waals surface area contributed by atoms with Crippen molar-refractivity contribution in [1.82, 2.24) is 15.1 Å². The normalized spacial score (nSPS) is 13.1. The first-order valence-electron chi connectivity index (χ1n) is 13.7. The molecular weight excluding hydrogens is 487 g/mol. The molecule has 0 aliphatic carbocycles. The lowest BCUT2D eigenvalue weighted by Gasteiger charge is -2.35. The van der Waals surface area contributed by atoms with Gasteiger partial charge in [0.05, 0.1) is 11.4 Å². The number of hydrogen-bond acceptors (Lipinski definition) is 3. The molecule has 0 unspecified atom stereocenters. The van der Waals surface area contributed by atoms with E-state index in [0.29, 0.717) is 19.1 Å². The van der Waals surface area contributed by atoms with E-state index in [4.69, 9.17) is 0 Å². The highest BCUT2D eigenvalue weighted by atomic mass is 19.1. The summed E-state index contributed by atoms with van der Waals surface area (Å²) in [6.07, 6.45) is 0.